The molecular weight excluding hydrogens is 308 g/mol. The molecule has 0 aliphatic carbocycles. The molecule has 2 aromatic carbocycles. The van der Waals surface area contributed by atoms with Crippen molar-refractivity contribution >= 4 is 15.7 Å². The number of benzene rings is 2. The van der Waals surface area contributed by atoms with Gasteiger partial charge in [0.05, 0.1) is 4.90 Å². The molecule has 0 aromatic heterocycles. The van der Waals surface area contributed by atoms with Crippen molar-refractivity contribution in [3.05, 3.63) is 59.7 Å². The maximum Gasteiger partial charge on any atom is 0.240 e. The Labute approximate surface area is 139 Å². The lowest BCUT2D eigenvalue weighted by molar-refractivity contribution is 0.581. The van der Waals surface area contributed by atoms with Crippen LogP contribution in [-0.2, 0) is 23.0 Å². The van der Waals surface area contributed by atoms with E-state index in [4.69, 9.17) is 0 Å². The molecule has 23 heavy (non-hydrogen) atoms. The first-order valence-electron chi connectivity index (χ1n) is 7.77. The minimum atomic E-state index is -3.48. The number of aryl methyl sites for hydroxylation is 1. The van der Waals surface area contributed by atoms with Gasteiger partial charge in [-0.05, 0) is 41.8 Å². The van der Waals surface area contributed by atoms with Gasteiger partial charge in [0.2, 0.25) is 10.0 Å². The van der Waals surface area contributed by atoms with Crippen molar-refractivity contribution in [2.45, 2.75) is 31.2 Å². The first kappa shape index (κ1) is 17.5. The molecule has 2 aromatic rings. The maximum absolute atomic E-state index is 12.3. The molecule has 2 rings (SSSR count). The molecule has 0 spiro atoms. The van der Waals surface area contributed by atoms with E-state index in [-0.39, 0.29) is 6.54 Å². The van der Waals surface area contributed by atoms with Crippen LogP contribution in [-0.4, -0.2) is 22.5 Å². The Morgan fingerprint density at radius 1 is 0.913 bits per heavy atom. The summed E-state index contributed by atoms with van der Waals surface area (Å²) in [5, 5.41) is 0. The predicted molar refractivity (Wildman–Crippen MR) is 95.2 cm³/mol. The van der Waals surface area contributed by atoms with Crippen molar-refractivity contribution in [3.63, 3.8) is 0 Å². The quantitative estimate of drug-likeness (QED) is 0.847. The fourth-order valence-corrected chi connectivity index (χ4v) is 3.32. The number of anilines is 1. The highest BCUT2D eigenvalue weighted by molar-refractivity contribution is 7.89. The third kappa shape index (κ3) is 4.81. The average Bonchev–Trinajstić information content (AvgIpc) is 2.54. The Morgan fingerprint density at radius 3 is 2.00 bits per heavy atom. The van der Waals surface area contributed by atoms with Crippen LogP contribution in [0.15, 0.2) is 53.4 Å². The summed E-state index contributed by atoms with van der Waals surface area (Å²) >= 11 is 0. The molecule has 1 N–H and O–H groups in total. The summed E-state index contributed by atoms with van der Waals surface area (Å²) in [5.41, 5.74) is 3.18. The summed E-state index contributed by atoms with van der Waals surface area (Å²) in [6.07, 6.45) is 2.01. The van der Waals surface area contributed by atoms with Crippen LogP contribution in [0.3, 0.4) is 0 Å². The van der Waals surface area contributed by atoms with Gasteiger partial charge < -0.3 is 4.90 Å². The van der Waals surface area contributed by atoms with Crippen LogP contribution < -0.4 is 9.62 Å². The van der Waals surface area contributed by atoms with E-state index in [0.717, 1.165) is 29.7 Å². The number of rotatable bonds is 7. The third-order valence-electron chi connectivity index (χ3n) is 3.69. The molecule has 0 aliphatic heterocycles. The largest absolute Gasteiger partial charge is 0.378 e. The van der Waals surface area contributed by atoms with Gasteiger partial charge in [0.1, 0.15) is 0 Å². The lowest BCUT2D eigenvalue weighted by Gasteiger charge is -2.13. The summed E-state index contributed by atoms with van der Waals surface area (Å²) in [4.78, 5) is 2.31. The van der Waals surface area contributed by atoms with Gasteiger partial charge in [-0.3, -0.25) is 0 Å². The molecule has 0 radical (unpaired) electrons. The van der Waals surface area contributed by atoms with E-state index in [1.54, 1.807) is 12.1 Å². The van der Waals surface area contributed by atoms with Gasteiger partial charge in [-0.15, -0.1) is 0 Å². The minimum Gasteiger partial charge on any atom is -0.378 e. The first-order valence-corrected chi connectivity index (χ1v) is 9.25. The highest BCUT2D eigenvalue weighted by Crippen LogP contribution is 2.14. The molecule has 5 heteroatoms. The predicted octanol–water partition coefficient (Wildman–Crippen LogP) is 3.18. The molecule has 124 valence electrons. The number of nitrogens with one attached hydrogen (secondary N) is 1. The van der Waals surface area contributed by atoms with Crippen LogP contribution >= 0.6 is 0 Å². The van der Waals surface area contributed by atoms with E-state index in [2.05, 4.69) is 11.6 Å². The lowest BCUT2D eigenvalue weighted by atomic mass is 10.1. The van der Waals surface area contributed by atoms with Crippen LogP contribution in [0.2, 0.25) is 0 Å². The number of sulfonamides is 1. The molecule has 0 aliphatic rings. The minimum absolute atomic E-state index is 0.284. The highest BCUT2D eigenvalue weighted by Gasteiger charge is 2.13. The van der Waals surface area contributed by atoms with Crippen LogP contribution in [0.4, 0.5) is 5.69 Å². The highest BCUT2D eigenvalue weighted by atomic mass is 32.2. The van der Waals surface area contributed by atoms with E-state index in [0.29, 0.717) is 4.90 Å². The molecule has 4 nitrogen and oxygen atoms in total. The fraction of sp³-hybridized carbons (Fsp3) is 0.333. The topological polar surface area (TPSA) is 49.4 Å². The molecule has 0 heterocycles. The third-order valence-corrected chi connectivity index (χ3v) is 5.11. The zero-order valence-electron chi connectivity index (χ0n) is 13.9. The van der Waals surface area contributed by atoms with E-state index in [1.807, 2.05) is 55.4 Å². The van der Waals surface area contributed by atoms with Crippen LogP contribution in [0.5, 0.6) is 0 Å². The molecular formula is C18H24N2O2S. The normalized spacial score (nSPS) is 11.4. The number of nitrogens with zero attached hydrogens (tertiary/aromatic N) is 1. The first-order chi connectivity index (χ1) is 10.9. The van der Waals surface area contributed by atoms with Crippen LogP contribution in [0.1, 0.15) is 24.5 Å². The summed E-state index contributed by atoms with van der Waals surface area (Å²) in [5.74, 6) is 0. The average molecular weight is 332 g/mol. The van der Waals surface area contributed by atoms with E-state index >= 15 is 0 Å². The van der Waals surface area contributed by atoms with Crippen molar-refractivity contribution < 1.29 is 8.42 Å². The van der Waals surface area contributed by atoms with Crippen molar-refractivity contribution in [3.8, 4) is 0 Å². The standard InChI is InChI=1S/C18H24N2O2S/c1-4-5-15-8-12-18(13-9-15)23(21,22)19-14-16-6-10-17(11-7-16)20(2)3/h6-13,19H,4-5,14H2,1-3H3. The van der Waals surface area contributed by atoms with Crippen LogP contribution in [0.25, 0.3) is 0 Å². The van der Waals surface area contributed by atoms with Gasteiger partial charge in [-0.25, -0.2) is 13.1 Å². The zero-order chi connectivity index (χ0) is 16.9. The molecule has 0 unspecified atom stereocenters. The second-order valence-corrected chi connectivity index (χ2v) is 7.55. The summed E-state index contributed by atoms with van der Waals surface area (Å²) < 4.78 is 27.3. The van der Waals surface area contributed by atoms with E-state index in [1.165, 1.54) is 0 Å². The Balaban J connectivity index is 2.03. The summed E-state index contributed by atoms with van der Waals surface area (Å²) in [6, 6.07) is 14.9. The van der Waals surface area contributed by atoms with Crippen molar-refractivity contribution in [1.29, 1.82) is 0 Å². The summed E-state index contributed by atoms with van der Waals surface area (Å²) in [7, 11) is 0.467. The van der Waals surface area contributed by atoms with Gasteiger partial charge >= 0.3 is 0 Å². The molecule has 0 fully saturated rings. The van der Waals surface area contributed by atoms with E-state index < -0.39 is 10.0 Å². The number of hydrogen-bond donors (Lipinski definition) is 1. The SMILES string of the molecule is CCCc1ccc(S(=O)(=O)NCc2ccc(N(C)C)cc2)cc1. The Hall–Kier alpha value is -1.85. The monoisotopic (exact) mass is 332 g/mol. The van der Waals surface area contributed by atoms with Gasteiger partial charge in [0.15, 0.2) is 0 Å². The zero-order valence-corrected chi connectivity index (χ0v) is 14.7. The number of hydrogen-bond acceptors (Lipinski definition) is 3. The fourth-order valence-electron chi connectivity index (χ4n) is 2.30. The van der Waals surface area contributed by atoms with E-state index in [9.17, 15) is 8.42 Å². The van der Waals surface area contributed by atoms with Crippen molar-refractivity contribution in [2.24, 2.45) is 0 Å². The van der Waals surface area contributed by atoms with Crippen molar-refractivity contribution in [1.82, 2.24) is 4.72 Å². The van der Waals surface area contributed by atoms with Gasteiger partial charge in [0.25, 0.3) is 0 Å². The molecule has 0 saturated heterocycles. The molecule has 0 bridgehead atoms. The van der Waals surface area contributed by atoms with Gasteiger partial charge in [0, 0.05) is 26.3 Å². The lowest BCUT2D eigenvalue weighted by Crippen LogP contribution is -2.23. The molecule has 0 saturated carbocycles. The molecule has 0 amide bonds. The molecule has 0 atom stereocenters. The Bertz CT molecular complexity index is 721. The maximum atomic E-state index is 12.3. The Kier molecular flexibility index (Phi) is 5.80. The second-order valence-electron chi connectivity index (χ2n) is 5.78. The summed E-state index contributed by atoms with van der Waals surface area (Å²) in [6.45, 7) is 2.39. The second kappa shape index (κ2) is 7.62. The smallest absolute Gasteiger partial charge is 0.240 e. The van der Waals surface area contributed by atoms with Crippen molar-refractivity contribution in [2.75, 3.05) is 19.0 Å². The Morgan fingerprint density at radius 2 is 1.48 bits per heavy atom. The van der Waals surface area contributed by atoms with Gasteiger partial charge in [-0.1, -0.05) is 37.6 Å². The van der Waals surface area contributed by atoms with Crippen LogP contribution in [0, 0.1) is 0 Å². The van der Waals surface area contributed by atoms with Gasteiger partial charge in [-0.2, -0.15) is 0 Å².